The second-order valence-corrected chi connectivity index (χ2v) is 5.21. The normalized spacial score (nSPS) is 18.9. The monoisotopic (exact) mass is 249 g/mol. The van der Waals surface area contributed by atoms with E-state index in [2.05, 4.69) is 37.4 Å². The maximum Gasteiger partial charge on any atom is 0.0943 e. The van der Waals surface area contributed by atoms with Crippen molar-refractivity contribution in [2.24, 2.45) is 0 Å². The minimum Gasteiger partial charge on any atom is -0.309 e. The van der Waals surface area contributed by atoms with E-state index in [0.29, 0.717) is 11.3 Å². The Bertz CT molecular complexity index is 463. The predicted octanol–water partition coefficient (Wildman–Crippen LogP) is 2.04. The van der Waals surface area contributed by atoms with Crippen LogP contribution in [0.4, 0.5) is 0 Å². The highest BCUT2D eigenvalue weighted by atomic mass is 32.1. The molecule has 3 heteroatoms. The summed E-state index contributed by atoms with van der Waals surface area (Å²) in [7, 11) is 0. The molecular weight excluding hydrogens is 230 g/mol. The summed E-state index contributed by atoms with van der Waals surface area (Å²) in [4.78, 5) is 0.984. The van der Waals surface area contributed by atoms with Crippen molar-refractivity contribution in [2.45, 2.75) is 39.2 Å². The van der Waals surface area contributed by atoms with Gasteiger partial charge in [0.1, 0.15) is 0 Å². The molecule has 1 aromatic carbocycles. The Hall–Kier alpha value is -0.930. The fourth-order valence-corrected chi connectivity index (χ4v) is 3.20. The molecular formula is C14H19NOS. The SMILES string of the molecule is CCCNC1CCc2cccc(C)c2C1=S=O. The molecule has 1 atom stereocenters. The first-order valence-electron chi connectivity index (χ1n) is 6.26. The van der Waals surface area contributed by atoms with E-state index in [9.17, 15) is 4.21 Å². The van der Waals surface area contributed by atoms with Crippen molar-refractivity contribution in [3.05, 3.63) is 34.9 Å². The zero-order chi connectivity index (χ0) is 12.3. The third-order valence-electron chi connectivity index (χ3n) is 3.35. The zero-order valence-electron chi connectivity index (χ0n) is 10.5. The molecule has 1 N–H and O–H groups in total. The van der Waals surface area contributed by atoms with Gasteiger partial charge in [-0.3, -0.25) is 0 Å². The van der Waals surface area contributed by atoms with E-state index in [0.717, 1.165) is 30.7 Å². The smallest absolute Gasteiger partial charge is 0.0943 e. The molecule has 2 nitrogen and oxygen atoms in total. The highest BCUT2D eigenvalue weighted by Crippen LogP contribution is 2.24. The van der Waals surface area contributed by atoms with E-state index in [4.69, 9.17) is 0 Å². The van der Waals surface area contributed by atoms with Gasteiger partial charge in [-0.25, -0.2) is 4.21 Å². The largest absolute Gasteiger partial charge is 0.309 e. The first-order valence-corrected chi connectivity index (χ1v) is 7.01. The Labute approximate surface area is 107 Å². The summed E-state index contributed by atoms with van der Waals surface area (Å²) in [5.74, 6) is 0. The molecule has 0 saturated carbocycles. The summed E-state index contributed by atoms with van der Waals surface area (Å²) in [5, 5.41) is 3.48. The van der Waals surface area contributed by atoms with Crippen molar-refractivity contribution in [1.29, 1.82) is 0 Å². The highest BCUT2D eigenvalue weighted by molar-refractivity contribution is 7.67. The molecule has 1 aromatic rings. The molecule has 17 heavy (non-hydrogen) atoms. The van der Waals surface area contributed by atoms with Gasteiger partial charge in [-0.1, -0.05) is 25.1 Å². The van der Waals surface area contributed by atoms with Gasteiger partial charge < -0.3 is 5.32 Å². The molecule has 0 bridgehead atoms. The van der Waals surface area contributed by atoms with Crippen LogP contribution in [0.3, 0.4) is 0 Å². The van der Waals surface area contributed by atoms with Gasteiger partial charge in [0.05, 0.1) is 16.1 Å². The fourth-order valence-electron chi connectivity index (χ4n) is 2.51. The van der Waals surface area contributed by atoms with Crippen molar-refractivity contribution in [3.63, 3.8) is 0 Å². The topological polar surface area (TPSA) is 29.1 Å². The van der Waals surface area contributed by atoms with Gasteiger partial charge in [0.25, 0.3) is 0 Å². The Morgan fingerprint density at radius 1 is 1.47 bits per heavy atom. The van der Waals surface area contributed by atoms with Gasteiger partial charge in [0.15, 0.2) is 0 Å². The molecule has 1 aliphatic carbocycles. The number of aryl methyl sites for hydroxylation is 2. The summed E-state index contributed by atoms with van der Waals surface area (Å²) in [6.45, 7) is 5.23. The van der Waals surface area contributed by atoms with E-state index in [-0.39, 0.29) is 6.04 Å². The molecule has 1 aliphatic rings. The Morgan fingerprint density at radius 2 is 2.29 bits per heavy atom. The van der Waals surface area contributed by atoms with Gasteiger partial charge in [-0.05, 0) is 49.4 Å². The van der Waals surface area contributed by atoms with Crippen molar-refractivity contribution < 1.29 is 4.21 Å². The van der Waals surface area contributed by atoms with E-state index < -0.39 is 0 Å². The van der Waals surface area contributed by atoms with Crippen LogP contribution in [0.1, 0.15) is 36.5 Å². The molecule has 0 aromatic heterocycles. The van der Waals surface area contributed by atoms with Crippen LogP contribution in [-0.4, -0.2) is 21.7 Å². The molecule has 0 spiro atoms. The zero-order valence-corrected chi connectivity index (χ0v) is 11.3. The van der Waals surface area contributed by atoms with Gasteiger partial charge in [-0.2, -0.15) is 0 Å². The molecule has 0 amide bonds. The second-order valence-electron chi connectivity index (χ2n) is 4.60. The van der Waals surface area contributed by atoms with Crippen molar-refractivity contribution in [2.75, 3.05) is 6.54 Å². The van der Waals surface area contributed by atoms with Gasteiger partial charge in [0, 0.05) is 6.04 Å². The Kier molecular flexibility index (Phi) is 4.13. The van der Waals surface area contributed by atoms with Crippen LogP contribution in [0.15, 0.2) is 18.2 Å². The van der Waals surface area contributed by atoms with Crippen LogP contribution in [0.5, 0.6) is 0 Å². The third kappa shape index (κ3) is 2.50. The van der Waals surface area contributed by atoms with Crippen LogP contribution in [0.25, 0.3) is 0 Å². The number of fused-ring (bicyclic) bond motifs is 1. The lowest BCUT2D eigenvalue weighted by Gasteiger charge is -2.27. The van der Waals surface area contributed by atoms with Crippen LogP contribution in [0.2, 0.25) is 0 Å². The molecule has 0 heterocycles. The summed E-state index contributed by atoms with van der Waals surface area (Å²) in [6, 6.07) is 6.58. The number of hydrogen-bond donors (Lipinski definition) is 1. The first kappa shape index (κ1) is 12.5. The van der Waals surface area contributed by atoms with E-state index in [1.165, 1.54) is 16.7 Å². The van der Waals surface area contributed by atoms with Gasteiger partial charge >= 0.3 is 0 Å². The van der Waals surface area contributed by atoms with Gasteiger partial charge in [-0.15, -0.1) is 0 Å². The van der Waals surface area contributed by atoms with Gasteiger partial charge in [0.2, 0.25) is 0 Å². The predicted molar refractivity (Wildman–Crippen MR) is 73.8 cm³/mol. The summed E-state index contributed by atoms with van der Waals surface area (Å²) in [6.07, 6.45) is 3.22. The molecule has 0 aliphatic heterocycles. The lowest BCUT2D eigenvalue weighted by molar-refractivity contribution is 0.571. The van der Waals surface area contributed by atoms with Crippen LogP contribution in [0, 0.1) is 6.92 Å². The third-order valence-corrected chi connectivity index (χ3v) is 4.02. The molecule has 1 unspecified atom stereocenters. The van der Waals surface area contributed by atoms with E-state index in [1.54, 1.807) is 0 Å². The highest BCUT2D eigenvalue weighted by Gasteiger charge is 2.25. The van der Waals surface area contributed by atoms with Crippen molar-refractivity contribution in [1.82, 2.24) is 5.32 Å². The molecule has 0 fully saturated rings. The molecule has 0 saturated heterocycles. The number of hydrogen-bond acceptors (Lipinski definition) is 2. The summed E-state index contributed by atoms with van der Waals surface area (Å²) >= 11 is 0.665. The standard InChI is InChI=1S/C14H19NOS/c1-3-9-15-12-8-7-11-6-4-5-10(2)13(11)14(12)17-16/h4-6,12,15H,3,7-9H2,1-2H3. The van der Waals surface area contributed by atoms with Crippen LogP contribution < -0.4 is 5.32 Å². The molecule has 2 rings (SSSR count). The Balaban J connectivity index is 2.36. The average Bonchev–Trinajstić information content (AvgIpc) is 2.36. The minimum atomic E-state index is 0.256. The quantitative estimate of drug-likeness (QED) is 0.831. The maximum atomic E-state index is 11.4. The summed E-state index contributed by atoms with van der Waals surface area (Å²) < 4.78 is 11.4. The van der Waals surface area contributed by atoms with Crippen molar-refractivity contribution in [3.8, 4) is 0 Å². The minimum absolute atomic E-state index is 0.256. The molecule has 0 radical (unpaired) electrons. The number of benzene rings is 1. The van der Waals surface area contributed by atoms with E-state index in [1.807, 2.05) is 0 Å². The lowest BCUT2D eigenvalue weighted by atomic mass is 9.85. The second kappa shape index (κ2) is 5.61. The lowest BCUT2D eigenvalue weighted by Crippen LogP contribution is -2.41. The van der Waals surface area contributed by atoms with Crippen molar-refractivity contribution >= 4 is 16.1 Å². The number of nitrogens with one attached hydrogen (secondary N) is 1. The average molecular weight is 249 g/mol. The molecule has 92 valence electrons. The van der Waals surface area contributed by atoms with Crippen LogP contribution in [-0.2, 0) is 17.7 Å². The Morgan fingerprint density at radius 3 is 3.00 bits per heavy atom. The number of rotatable bonds is 3. The summed E-state index contributed by atoms with van der Waals surface area (Å²) in [5.41, 5.74) is 3.76. The maximum absolute atomic E-state index is 11.4. The first-order chi connectivity index (χ1) is 8.27. The van der Waals surface area contributed by atoms with E-state index >= 15 is 0 Å². The van der Waals surface area contributed by atoms with Crippen LogP contribution >= 0.6 is 0 Å². The fraction of sp³-hybridized carbons (Fsp3) is 0.500.